The number of nitrogens with one attached hydrogen (secondary N) is 2. The summed E-state index contributed by atoms with van der Waals surface area (Å²) in [7, 11) is -7.65. The molecule has 0 radical (unpaired) electrons. The molecule has 22 heteroatoms. The molecule has 4 aromatic rings. The van der Waals surface area contributed by atoms with Gasteiger partial charge in [-0.1, -0.05) is 40.9 Å². The largest absolute Gasteiger partial charge is 0.379 e. The SMILES string of the molecule is Cc1c(Cl)cccc1S(=O)(=O)Nc1nc(CCN2CCOCC2=O)ns1.O=S(=O)(Nc1nc(CCN2CCOCC2)ns1)c1ccc(Cl)cc1Cl. The molecule has 15 nitrogen and oxygen atoms in total. The minimum Gasteiger partial charge on any atom is -0.379 e. The Morgan fingerprint density at radius 3 is 2.02 bits per heavy atom. The third-order valence-corrected chi connectivity index (χ3v) is 13.1. The van der Waals surface area contributed by atoms with Crippen LogP contribution in [0.15, 0.2) is 46.2 Å². The molecule has 0 spiro atoms. The lowest BCUT2D eigenvalue weighted by Gasteiger charge is -2.26. The van der Waals surface area contributed by atoms with Crippen LogP contribution in [-0.2, 0) is 47.2 Å². The first-order chi connectivity index (χ1) is 24.3. The molecule has 2 saturated heterocycles. The average molecular weight is 840 g/mol. The lowest BCUT2D eigenvalue weighted by Crippen LogP contribution is -2.42. The summed E-state index contributed by atoms with van der Waals surface area (Å²) >= 11 is 19.7. The molecule has 0 unspecified atom stereocenters. The molecule has 2 aliphatic rings. The van der Waals surface area contributed by atoms with Crippen molar-refractivity contribution in [2.45, 2.75) is 29.6 Å². The van der Waals surface area contributed by atoms with Crippen LogP contribution in [0.1, 0.15) is 17.2 Å². The lowest BCUT2D eigenvalue weighted by molar-refractivity contribution is -0.142. The molecule has 1 amide bonds. The molecule has 51 heavy (non-hydrogen) atoms. The topological polar surface area (TPSA) is 186 Å². The Hall–Kier alpha value is -2.72. The van der Waals surface area contributed by atoms with E-state index in [9.17, 15) is 21.6 Å². The number of rotatable bonds is 12. The number of hydrogen-bond donors (Lipinski definition) is 2. The van der Waals surface area contributed by atoms with Gasteiger partial charge < -0.3 is 14.4 Å². The fourth-order valence-corrected chi connectivity index (χ4v) is 9.76. The second-order valence-electron chi connectivity index (χ2n) is 11.1. The molecule has 0 aliphatic carbocycles. The second kappa shape index (κ2) is 17.9. The summed E-state index contributed by atoms with van der Waals surface area (Å²) < 4.78 is 73.5. The number of sulfonamides is 2. The summed E-state index contributed by atoms with van der Waals surface area (Å²) in [4.78, 5) is 24.1. The monoisotopic (exact) mass is 838 g/mol. The fraction of sp³-hybridized carbons (Fsp3) is 0.414. The van der Waals surface area contributed by atoms with E-state index in [1.165, 1.54) is 24.3 Å². The zero-order valence-electron chi connectivity index (χ0n) is 27.1. The van der Waals surface area contributed by atoms with E-state index in [1.807, 2.05) is 0 Å². The van der Waals surface area contributed by atoms with Crippen LogP contribution in [0.25, 0.3) is 0 Å². The molecule has 0 saturated carbocycles. The molecular formula is C29H33Cl3N8O7S4. The van der Waals surface area contributed by atoms with Crippen LogP contribution in [0.2, 0.25) is 15.1 Å². The van der Waals surface area contributed by atoms with Crippen LogP contribution in [0.5, 0.6) is 0 Å². The van der Waals surface area contributed by atoms with Crippen molar-refractivity contribution in [3.8, 4) is 0 Å². The molecule has 276 valence electrons. The van der Waals surface area contributed by atoms with Gasteiger partial charge in [0.2, 0.25) is 16.2 Å². The summed E-state index contributed by atoms with van der Waals surface area (Å²) in [5.41, 5.74) is 0.470. The normalized spacial score (nSPS) is 15.7. The number of ether oxygens (including phenoxy) is 2. The van der Waals surface area contributed by atoms with Gasteiger partial charge in [-0.2, -0.15) is 8.75 Å². The lowest BCUT2D eigenvalue weighted by atomic mass is 10.2. The minimum absolute atomic E-state index is 0.0522. The zero-order chi connectivity index (χ0) is 36.6. The Bertz CT molecular complexity index is 2040. The first-order valence-corrected chi connectivity index (χ1v) is 21.0. The molecule has 2 aliphatic heterocycles. The molecule has 2 N–H and O–H groups in total. The number of nitrogens with zero attached hydrogens (tertiary/aromatic N) is 6. The minimum atomic E-state index is -3.84. The standard InChI is InChI=1S/C15H17ClN4O4S2.C14H16Cl2N4O3S2/c1-10-11(16)3-2-4-12(10)26(22,23)19-15-17-13(18-25-15)5-6-20-7-8-24-9-14(20)21;15-10-1-2-12(11(16)9-10)25(21,22)19-14-17-13(18-24-14)3-4-20-5-7-23-8-6-20/h2-4H,5-9H2,1H3,(H,17,18,19);1-2,9H,3-8H2,(H,17,18,19). The Labute approximate surface area is 318 Å². The highest BCUT2D eigenvalue weighted by Crippen LogP contribution is 2.28. The van der Waals surface area contributed by atoms with Gasteiger partial charge in [0.1, 0.15) is 23.2 Å². The van der Waals surface area contributed by atoms with Gasteiger partial charge in [-0.3, -0.25) is 19.1 Å². The number of hydrogen-bond acceptors (Lipinski definition) is 14. The summed E-state index contributed by atoms with van der Waals surface area (Å²) in [6.07, 6.45) is 1.10. The Balaban J connectivity index is 0.000000198. The van der Waals surface area contributed by atoms with E-state index in [0.717, 1.165) is 55.9 Å². The van der Waals surface area contributed by atoms with E-state index in [-0.39, 0.29) is 37.6 Å². The first-order valence-electron chi connectivity index (χ1n) is 15.4. The number of benzene rings is 2. The van der Waals surface area contributed by atoms with Crippen LogP contribution < -0.4 is 9.44 Å². The Morgan fingerprint density at radius 2 is 1.39 bits per heavy atom. The maximum absolute atomic E-state index is 12.5. The van der Waals surface area contributed by atoms with Crippen LogP contribution in [0.3, 0.4) is 0 Å². The molecule has 2 aromatic carbocycles. The molecule has 6 rings (SSSR count). The second-order valence-corrected chi connectivity index (χ2v) is 17.1. The third kappa shape index (κ3) is 11.1. The number of amides is 1. The van der Waals surface area contributed by atoms with Gasteiger partial charge in [-0.15, -0.1) is 0 Å². The van der Waals surface area contributed by atoms with E-state index in [4.69, 9.17) is 44.3 Å². The maximum Gasteiger partial charge on any atom is 0.265 e. The van der Waals surface area contributed by atoms with E-state index in [1.54, 1.807) is 24.0 Å². The van der Waals surface area contributed by atoms with E-state index in [2.05, 4.69) is 33.1 Å². The van der Waals surface area contributed by atoms with Crippen molar-refractivity contribution in [3.63, 3.8) is 0 Å². The highest BCUT2D eigenvalue weighted by atomic mass is 35.5. The third-order valence-electron chi connectivity index (χ3n) is 7.51. The van der Waals surface area contributed by atoms with Crippen LogP contribution >= 0.6 is 57.9 Å². The highest BCUT2D eigenvalue weighted by Gasteiger charge is 2.23. The molecule has 0 atom stereocenters. The predicted molar refractivity (Wildman–Crippen MR) is 196 cm³/mol. The molecule has 4 heterocycles. The van der Waals surface area contributed by atoms with Crippen LogP contribution in [0.4, 0.5) is 10.3 Å². The van der Waals surface area contributed by atoms with E-state index in [0.29, 0.717) is 59.8 Å². The van der Waals surface area contributed by atoms with Crippen LogP contribution in [-0.4, -0.2) is 110 Å². The summed E-state index contributed by atoms with van der Waals surface area (Å²) in [6, 6.07) is 8.89. The van der Waals surface area contributed by atoms with E-state index < -0.39 is 20.0 Å². The highest BCUT2D eigenvalue weighted by molar-refractivity contribution is 7.93. The summed E-state index contributed by atoms with van der Waals surface area (Å²) in [5, 5.41) is 1.18. The van der Waals surface area contributed by atoms with Gasteiger partial charge >= 0.3 is 0 Å². The number of halogens is 3. The van der Waals surface area contributed by atoms with Crippen molar-refractivity contribution in [1.29, 1.82) is 0 Å². The van der Waals surface area contributed by atoms with Gasteiger partial charge in [0.15, 0.2) is 0 Å². The molecule has 2 fully saturated rings. The fourth-order valence-electron chi connectivity index (χ4n) is 4.81. The average Bonchev–Trinajstić information content (AvgIpc) is 3.73. The van der Waals surface area contributed by atoms with Gasteiger partial charge in [0.05, 0.1) is 29.7 Å². The number of aromatic nitrogens is 4. The van der Waals surface area contributed by atoms with Crippen molar-refractivity contribution in [1.82, 2.24) is 28.5 Å². The summed E-state index contributed by atoms with van der Waals surface area (Å²) in [5.74, 6) is 1.02. The van der Waals surface area contributed by atoms with Crippen molar-refractivity contribution >= 4 is 94.1 Å². The van der Waals surface area contributed by atoms with Crippen molar-refractivity contribution in [2.24, 2.45) is 0 Å². The van der Waals surface area contributed by atoms with E-state index >= 15 is 0 Å². The number of carbonyl (C=O) groups excluding carboxylic acids is 1. The Morgan fingerprint density at radius 1 is 0.784 bits per heavy atom. The summed E-state index contributed by atoms with van der Waals surface area (Å²) in [6.45, 7) is 7.31. The number of morpholine rings is 2. The molecule has 0 bridgehead atoms. The molecular weight excluding hydrogens is 807 g/mol. The van der Waals surface area contributed by atoms with Crippen molar-refractivity contribution in [3.05, 3.63) is 68.7 Å². The van der Waals surface area contributed by atoms with Gasteiger partial charge in [0, 0.05) is 78.7 Å². The number of anilines is 2. The molecule has 2 aromatic heterocycles. The quantitative estimate of drug-likeness (QED) is 0.207. The first kappa shape index (κ1) is 39.5. The van der Waals surface area contributed by atoms with Crippen LogP contribution in [0, 0.1) is 6.92 Å². The Kier molecular flexibility index (Phi) is 13.8. The van der Waals surface area contributed by atoms with Gasteiger partial charge in [-0.05, 0) is 42.8 Å². The van der Waals surface area contributed by atoms with Crippen molar-refractivity contribution in [2.75, 3.05) is 68.6 Å². The maximum atomic E-state index is 12.5. The number of carbonyl (C=O) groups is 1. The zero-order valence-corrected chi connectivity index (χ0v) is 32.6. The van der Waals surface area contributed by atoms with Gasteiger partial charge in [0.25, 0.3) is 20.0 Å². The predicted octanol–water partition coefficient (Wildman–Crippen LogP) is 4.22. The van der Waals surface area contributed by atoms with Gasteiger partial charge in [-0.25, -0.2) is 26.8 Å². The smallest absolute Gasteiger partial charge is 0.265 e. The van der Waals surface area contributed by atoms with Crippen molar-refractivity contribution < 1.29 is 31.1 Å².